The van der Waals surface area contributed by atoms with Crippen LogP contribution < -0.4 is 9.46 Å². The number of ether oxygens (including phenoxy) is 1. The molecule has 0 saturated heterocycles. The third-order valence-electron chi connectivity index (χ3n) is 2.21. The van der Waals surface area contributed by atoms with E-state index in [4.69, 9.17) is 9.84 Å². The van der Waals surface area contributed by atoms with Crippen molar-refractivity contribution in [2.75, 3.05) is 13.7 Å². The lowest BCUT2D eigenvalue weighted by molar-refractivity contribution is 0.350. The molecule has 0 saturated carbocycles. The Morgan fingerprint density at radius 1 is 1.35 bits per heavy atom. The summed E-state index contributed by atoms with van der Waals surface area (Å²) in [7, 11) is -2.31. The van der Waals surface area contributed by atoms with Crippen LogP contribution in [0.15, 0.2) is 23.1 Å². The molecule has 2 N–H and O–H groups in total. The van der Waals surface area contributed by atoms with Crippen LogP contribution in [0.1, 0.15) is 26.3 Å². The van der Waals surface area contributed by atoms with E-state index in [9.17, 15) is 8.42 Å². The molecule has 0 bridgehead atoms. The summed E-state index contributed by atoms with van der Waals surface area (Å²) in [6.45, 7) is 4.99. The van der Waals surface area contributed by atoms with Gasteiger partial charge in [-0.2, -0.15) is 0 Å². The van der Waals surface area contributed by atoms with Crippen molar-refractivity contribution in [2.45, 2.75) is 31.2 Å². The predicted molar refractivity (Wildman–Crippen MR) is 77.0 cm³/mol. The Labute approximate surface area is 120 Å². The second kappa shape index (κ2) is 6.27. The van der Waals surface area contributed by atoms with Gasteiger partial charge in [0.2, 0.25) is 10.0 Å². The minimum Gasteiger partial charge on any atom is -0.495 e. The smallest absolute Gasteiger partial charge is 0.244 e. The van der Waals surface area contributed by atoms with Gasteiger partial charge in [0, 0.05) is 11.1 Å². The lowest BCUT2D eigenvalue weighted by Crippen LogP contribution is -2.40. The van der Waals surface area contributed by atoms with Crippen LogP contribution in [0.2, 0.25) is 0 Å². The van der Waals surface area contributed by atoms with E-state index in [0.29, 0.717) is 5.56 Å². The van der Waals surface area contributed by atoms with Gasteiger partial charge in [-0.05, 0) is 39.0 Å². The molecule has 20 heavy (non-hydrogen) atoms. The van der Waals surface area contributed by atoms with Crippen molar-refractivity contribution in [3.05, 3.63) is 23.8 Å². The van der Waals surface area contributed by atoms with Gasteiger partial charge in [0.05, 0.1) is 7.11 Å². The van der Waals surface area contributed by atoms with Crippen LogP contribution in [-0.2, 0) is 10.0 Å². The van der Waals surface area contributed by atoms with Gasteiger partial charge >= 0.3 is 0 Å². The number of aliphatic hydroxyl groups is 1. The molecule has 0 aliphatic carbocycles. The zero-order valence-corrected chi connectivity index (χ0v) is 12.8. The Bertz CT molecular complexity index is 633. The fraction of sp³-hybridized carbons (Fsp3) is 0.429. The van der Waals surface area contributed by atoms with Gasteiger partial charge in [-0.15, -0.1) is 0 Å². The molecule has 0 amide bonds. The first-order valence-corrected chi connectivity index (χ1v) is 7.49. The van der Waals surface area contributed by atoms with E-state index in [2.05, 4.69) is 16.6 Å². The highest BCUT2D eigenvalue weighted by atomic mass is 32.2. The fourth-order valence-electron chi connectivity index (χ4n) is 1.56. The van der Waals surface area contributed by atoms with Gasteiger partial charge in [-0.25, -0.2) is 13.1 Å². The van der Waals surface area contributed by atoms with Crippen molar-refractivity contribution in [3.8, 4) is 17.6 Å². The maximum absolute atomic E-state index is 12.4. The number of sulfonamides is 1. The van der Waals surface area contributed by atoms with Crippen LogP contribution in [0, 0.1) is 11.8 Å². The molecule has 0 spiro atoms. The number of methoxy groups -OCH3 is 1. The predicted octanol–water partition coefficient (Wildman–Crippen LogP) is 1.12. The Morgan fingerprint density at radius 3 is 2.50 bits per heavy atom. The highest BCUT2D eigenvalue weighted by Gasteiger charge is 2.25. The summed E-state index contributed by atoms with van der Waals surface area (Å²) in [5.41, 5.74) is -0.106. The molecule has 0 radical (unpaired) electrons. The largest absolute Gasteiger partial charge is 0.495 e. The maximum Gasteiger partial charge on any atom is 0.244 e. The molecular formula is C14H19NO4S. The van der Waals surface area contributed by atoms with Gasteiger partial charge in [0.25, 0.3) is 0 Å². The molecule has 0 unspecified atom stereocenters. The maximum atomic E-state index is 12.4. The number of hydrogen-bond acceptors (Lipinski definition) is 4. The van der Waals surface area contributed by atoms with Gasteiger partial charge < -0.3 is 9.84 Å². The molecule has 1 rings (SSSR count). The molecule has 0 atom stereocenters. The van der Waals surface area contributed by atoms with Gasteiger partial charge in [0.15, 0.2) is 0 Å². The van der Waals surface area contributed by atoms with Crippen molar-refractivity contribution in [1.29, 1.82) is 0 Å². The molecular weight excluding hydrogens is 278 g/mol. The minimum absolute atomic E-state index is 0.0275. The average Bonchev–Trinajstić information content (AvgIpc) is 2.33. The van der Waals surface area contributed by atoms with Crippen LogP contribution in [0.4, 0.5) is 0 Å². The molecule has 1 aromatic carbocycles. The van der Waals surface area contributed by atoms with Crippen LogP contribution in [0.3, 0.4) is 0 Å². The highest BCUT2D eigenvalue weighted by molar-refractivity contribution is 7.89. The Balaban J connectivity index is 3.33. The summed E-state index contributed by atoms with van der Waals surface area (Å²) >= 11 is 0. The molecule has 0 heterocycles. The number of aliphatic hydroxyl groups excluding tert-OH is 1. The first kappa shape index (κ1) is 16.5. The molecule has 0 fully saturated rings. The van der Waals surface area contributed by atoms with Gasteiger partial charge in [0.1, 0.15) is 17.3 Å². The lowest BCUT2D eigenvalue weighted by Gasteiger charge is -2.21. The number of rotatable bonds is 3. The molecule has 1 aromatic rings. The zero-order chi connectivity index (χ0) is 15.4. The van der Waals surface area contributed by atoms with Crippen molar-refractivity contribution in [3.63, 3.8) is 0 Å². The second-order valence-corrected chi connectivity index (χ2v) is 6.83. The summed E-state index contributed by atoms with van der Waals surface area (Å²) in [4.78, 5) is 0.0275. The third-order valence-corrected chi connectivity index (χ3v) is 3.98. The summed E-state index contributed by atoms with van der Waals surface area (Å²) in [6.07, 6.45) is 0. The van der Waals surface area contributed by atoms with E-state index in [0.717, 1.165) is 0 Å². The molecule has 0 aromatic heterocycles. The van der Waals surface area contributed by atoms with Crippen molar-refractivity contribution in [1.82, 2.24) is 4.72 Å². The molecule has 6 heteroatoms. The number of hydrogen-bond donors (Lipinski definition) is 2. The fourth-order valence-corrected chi connectivity index (χ4v) is 3.18. The lowest BCUT2D eigenvalue weighted by atomic mass is 10.1. The average molecular weight is 297 g/mol. The van der Waals surface area contributed by atoms with E-state index in [1.165, 1.54) is 13.2 Å². The molecule has 5 nitrogen and oxygen atoms in total. The third kappa shape index (κ3) is 4.53. The van der Waals surface area contributed by atoms with E-state index >= 15 is 0 Å². The SMILES string of the molecule is COc1ccc(C#CCO)cc1S(=O)(=O)NC(C)(C)C. The summed E-state index contributed by atoms with van der Waals surface area (Å²) in [6, 6.07) is 4.60. The molecule has 0 aliphatic rings. The Morgan fingerprint density at radius 2 is 2.00 bits per heavy atom. The topological polar surface area (TPSA) is 75.6 Å². The number of benzene rings is 1. The van der Waals surface area contributed by atoms with Crippen LogP contribution >= 0.6 is 0 Å². The second-order valence-electron chi connectivity index (χ2n) is 5.18. The molecule has 0 aliphatic heterocycles. The Kier molecular flexibility index (Phi) is 5.17. The van der Waals surface area contributed by atoms with E-state index in [-0.39, 0.29) is 17.3 Å². The van der Waals surface area contributed by atoms with Gasteiger partial charge in [-0.1, -0.05) is 11.8 Å². The zero-order valence-electron chi connectivity index (χ0n) is 12.0. The standard InChI is InChI=1S/C14H19NO4S/c1-14(2,3)15-20(17,18)13-10-11(6-5-9-16)7-8-12(13)19-4/h7-8,10,15-16H,9H2,1-4H3. The van der Waals surface area contributed by atoms with Crippen molar-refractivity contribution in [2.24, 2.45) is 0 Å². The Hall–Kier alpha value is -1.55. The van der Waals surface area contributed by atoms with Crippen molar-refractivity contribution >= 4 is 10.0 Å². The summed E-state index contributed by atoms with van der Waals surface area (Å²) in [5.74, 6) is 5.40. The highest BCUT2D eigenvalue weighted by Crippen LogP contribution is 2.25. The minimum atomic E-state index is -3.71. The van der Waals surface area contributed by atoms with E-state index in [1.54, 1.807) is 32.9 Å². The first-order chi connectivity index (χ1) is 9.19. The summed E-state index contributed by atoms with van der Waals surface area (Å²) < 4.78 is 32.4. The van der Waals surface area contributed by atoms with E-state index < -0.39 is 15.6 Å². The summed E-state index contributed by atoms with van der Waals surface area (Å²) in [5, 5.41) is 8.68. The molecule has 110 valence electrons. The van der Waals surface area contributed by atoms with Gasteiger partial charge in [-0.3, -0.25) is 0 Å². The van der Waals surface area contributed by atoms with Crippen LogP contribution in [-0.4, -0.2) is 32.8 Å². The van der Waals surface area contributed by atoms with Crippen LogP contribution in [0.25, 0.3) is 0 Å². The van der Waals surface area contributed by atoms with Crippen molar-refractivity contribution < 1.29 is 18.3 Å². The first-order valence-electron chi connectivity index (χ1n) is 6.01. The quantitative estimate of drug-likeness (QED) is 0.820. The monoisotopic (exact) mass is 297 g/mol. The normalized spacial score (nSPS) is 11.7. The number of nitrogens with one attached hydrogen (secondary N) is 1. The van der Waals surface area contributed by atoms with E-state index in [1.807, 2.05) is 0 Å². The van der Waals surface area contributed by atoms with Crippen LogP contribution in [0.5, 0.6) is 5.75 Å².